The number of nitrogens with two attached hydrogens (primary N) is 1. The van der Waals surface area contributed by atoms with Crippen molar-refractivity contribution in [2.24, 2.45) is 0 Å². The summed E-state index contributed by atoms with van der Waals surface area (Å²) < 4.78 is 11.2. The molecular weight excluding hydrogens is 354 g/mol. The van der Waals surface area contributed by atoms with E-state index in [1.807, 2.05) is 61.5 Å². The summed E-state index contributed by atoms with van der Waals surface area (Å²) in [5.41, 5.74) is 7.16. The van der Waals surface area contributed by atoms with E-state index in [4.69, 9.17) is 15.2 Å². The number of hydrogen-bond acceptors (Lipinski definition) is 5. The van der Waals surface area contributed by atoms with Crippen LogP contribution >= 0.6 is 0 Å². The van der Waals surface area contributed by atoms with Gasteiger partial charge in [-0.25, -0.2) is 0 Å². The Bertz CT molecular complexity index is 912. The third-order valence-corrected chi connectivity index (χ3v) is 3.95. The van der Waals surface area contributed by atoms with Crippen molar-refractivity contribution >= 4 is 11.7 Å². The van der Waals surface area contributed by atoms with Crippen LogP contribution in [0.1, 0.15) is 29.3 Å². The first-order valence-electron chi connectivity index (χ1n) is 9.15. The van der Waals surface area contributed by atoms with Gasteiger partial charge in [0.05, 0.1) is 12.2 Å². The first kappa shape index (κ1) is 19.2. The van der Waals surface area contributed by atoms with E-state index in [1.165, 1.54) is 0 Å². The molecule has 3 aromatic rings. The molecule has 3 rings (SSSR count). The molecule has 2 aromatic carbocycles. The topological polar surface area (TPSA) is 86.5 Å². The number of benzene rings is 2. The molecule has 0 saturated heterocycles. The lowest BCUT2D eigenvalue weighted by Crippen LogP contribution is -2.24. The molecule has 1 aromatic heterocycles. The fourth-order valence-electron chi connectivity index (χ4n) is 2.51. The number of hydrogen-bond donors (Lipinski definition) is 2. The van der Waals surface area contributed by atoms with Crippen LogP contribution in [0.3, 0.4) is 0 Å². The van der Waals surface area contributed by atoms with Crippen molar-refractivity contribution < 1.29 is 14.3 Å². The second-order valence-electron chi connectivity index (χ2n) is 6.17. The van der Waals surface area contributed by atoms with Gasteiger partial charge in [0.25, 0.3) is 5.91 Å². The van der Waals surface area contributed by atoms with Crippen LogP contribution in [0.2, 0.25) is 0 Å². The molecule has 0 spiro atoms. The third-order valence-electron chi connectivity index (χ3n) is 3.95. The van der Waals surface area contributed by atoms with Gasteiger partial charge >= 0.3 is 0 Å². The molecule has 0 fully saturated rings. The number of ether oxygens (including phenoxy) is 2. The largest absolute Gasteiger partial charge is 0.478 e. The van der Waals surface area contributed by atoms with Gasteiger partial charge in [0, 0.05) is 12.6 Å². The van der Waals surface area contributed by atoms with Gasteiger partial charge in [-0.05, 0) is 42.3 Å². The Hall–Kier alpha value is -3.54. The summed E-state index contributed by atoms with van der Waals surface area (Å²) in [5.74, 6) is 1.80. The molecule has 0 saturated carbocycles. The number of rotatable bonds is 8. The molecule has 0 atom stereocenters. The van der Waals surface area contributed by atoms with E-state index >= 15 is 0 Å². The molecule has 0 aliphatic rings. The van der Waals surface area contributed by atoms with Crippen LogP contribution in [-0.2, 0) is 6.54 Å². The van der Waals surface area contributed by atoms with Crippen molar-refractivity contribution in [3.05, 3.63) is 77.9 Å². The molecule has 6 heteroatoms. The Labute approximate surface area is 164 Å². The van der Waals surface area contributed by atoms with Crippen LogP contribution < -0.4 is 20.5 Å². The van der Waals surface area contributed by atoms with Gasteiger partial charge < -0.3 is 20.5 Å². The van der Waals surface area contributed by atoms with Crippen LogP contribution in [0, 0.1) is 0 Å². The normalized spacial score (nSPS) is 10.3. The minimum atomic E-state index is -0.281. The van der Waals surface area contributed by atoms with E-state index in [-0.39, 0.29) is 11.7 Å². The molecule has 0 unspecified atom stereocenters. The number of aromatic nitrogens is 1. The van der Waals surface area contributed by atoms with Crippen LogP contribution in [0.4, 0.5) is 5.82 Å². The average molecular weight is 377 g/mol. The van der Waals surface area contributed by atoms with Crippen LogP contribution in [-0.4, -0.2) is 17.5 Å². The lowest BCUT2D eigenvalue weighted by Gasteiger charge is -2.10. The van der Waals surface area contributed by atoms with E-state index in [2.05, 4.69) is 10.3 Å². The smallest absolute Gasteiger partial charge is 0.255 e. The summed E-state index contributed by atoms with van der Waals surface area (Å²) >= 11 is 0. The highest BCUT2D eigenvalue weighted by Gasteiger charge is 2.12. The molecular formula is C22H23N3O3. The maximum Gasteiger partial charge on any atom is 0.255 e. The minimum Gasteiger partial charge on any atom is -0.478 e. The van der Waals surface area contributed by atoms with Gasteiger partial charge in [-0.2, -0.15) is 4.98 Å². The fraction of sp³-hybridized carbons (Fsp3) is 0.182. The lowest BCUT2D eigenvalue weighted by molar-refractivity contribution is 0.0951. The van der Waals surface area contributed by atoms with E-state index in [0.29, 0.717) is 24.6 Å². The van der Waals surface area contributed by atoms with E-state index in [1.54, 1.807) is 12.1 Å². The minimum absolute atomic E-state index is 0.151. The van der Waals surface area contributed by atoms with E-state index < -0.39 is 0 Å². The molecule has 0 aliphatic carbocycles. The number of anilines is 1. The Morgan fingerprint density at radius 3 is 2.39 bits per heavy atom. The number of nitrogens with one attached hydrogen (secondary N) is 1. The predicted molar refractivity (Wildman–Crippen MR) is 109 cm³/mol. The summed E-state index contributed by atoms with van der Waals surface area (Å²) in [4.78, 5) is 16.5. The van der Waals surface area contributed by atoms with Crippen LogP contribution in [0.15, 0.2) is 66.7 Å². The van der Waals surface area contributed by atoms with Crippen molar-refractivity contribution in [3.63, 3.8) is 0 Å². The Balaban J connectivity index is 1.55. The Kier molecular flexibility index (Phi) is 6.46. The molecule has 144 valence electrons. The van der Waals surface area contributed by atoms with Gasteiger partial charge in [-0.1, -0.05) is 37.3 Å². The quantitative estimate of drug-likeness (QED) is 0.615. The predicted octanol–water partition coefficient (Wildman–Crippen LogP) is 4.17. The summed E-state index contributed by atoms with van der Waals surface area (Å²) in [6.07, 6.45) is 0.874. The monoisotopic (exact) mass is 377 g/mol. The summed E-state index contributed by atoms with van der Waals surface area (Å²) in [6, 6.07) is 20.4. The molecule has 28 heavy (non-hydrogen) atoms. The fourth-order valence-corrected chi connectivity index (χ4v) is 2.51. The maximum absolute atomic E-state index is 12.4. The summed E-state index contributed by atoms with van der Waals surface area (Å²) in [7, 11) is 0. The first-order chi connectivity index (χ1) is 13.7. The highest BCUT2D eigenvalue weighted by molar-refractivity contribution is 5.98. The number of para-hydroxylation sites is 1. The summed E-state index contributed by atoms with van der Waals surface area (Å²) in [5, 5.41) is 2.85. The van der Waals surface area contributed by atoms with Crippen molar-refractivity contribution in [3.8, 4) is 17.4 Å². The van der Waals surface area contributed by atoms with Crippen LogP contribution in [0.5, 0.6) is 17.4 Å². The number of carbonyl (C=O) groups excluding carboxylic acids is 1. The molecule has 1 heterocycles. The Morgan fingerprint density at radius 2 is 1.71 bits per heavy atom. The molecule has 0 bridgehead atoms. The number of amides is 1. The van der Waals surface area contributed by atoms with E-state index in [9.17, 15) is 4.79 Å². The zero-order chi connectivity index (χ0) is 19.8. The number of pyridine rings is 1. The number of nitrogens with zero attached hydrogens (tertiary/aromatic N) is 1. The van der Waals surface area contributed by atoms with Gasteiger partial charge in [-0.15, -0.1) is 0 Å². The van der Waals surface area contributed by atoms with Gasteiger partial charge in [0.1, 0.15) is 17.3 Å². The second-order valence-corrected chi connectivity index (χ2v) is 6.17. The van der Waals surface area contributed by atoms with Gasteiger partial charge in [-0.3, -0.25) is 4.79 Å². The zero-order valence-electron chi connectivity index (χ0n) is 15.7. The average Bonchev–Trinajstić information content (AvgIpc) is 2.72. The molecule has 6 nitrogen and oxygen atoms in total. The maximum atomic E-state index is 12.4. The first-order valence-corrected chi connectivity index (χ1v) is 9.15. The SMILES string of the molecule is CCCOc1ccc(C(=O)NCc2ccc(Oc3ccccc3)cc2)c(N)n1. The number of nitrogen functional groups attached to an aromatic ring is 1. The van der Waals surface area contributed by atoms with E-state index in [0.717, 1.165) is 23.5 Å². The summed E-state index contributed by atoms with van der Waals surface area (Å²) in [6.45, 7) is 2.94. The standard InChI is InChI=1S/C22H23N3O3/c1-2-14-27-20-13-12-19(21(23)25-20)22(26)24-15-16-8-10-18(11-9-16)28-17-6-4-3-5-7-17/h3-13H,2,14-15H2,1H3,(H2,23,25)(H,24,26). The van der Waals surface area contributed by atoms with Crippen molar-refractivity contribution in [1.29, 1.82) is 0 Å². The number of carbonyl (C=O) groups is 1. The lowest BCUT2D eigenvalue weighted by atomic mass is 10.2. The zero-order valence-corrected chi connectivity index (χ0v) is 15.7. The van der Waals surface area contributed by atoms with Crippen LogP contribution in [0.25, 0.3) is 0 Å². The Morgan fingerprint density at radius 1 is 1.00 bits per heavy atom. The molecule has 0 aliphatic heterocycles. The second kappa shape index (κ2) is 9.41. The highest BCUT2D eigenvalue weighted by atomic mass is 16.5. The molecule has 3 N–H and O–H groups in total. The highest BCUT2D eigenvalue weighted by Crippen LogP contribution is 2.21. The molecule has 1 amide bonds. The van der Waals surface area contributed by atoms with Crippen molar-refractivity contribution in [1.82, 2.24) is 10.3 Å². The van der Waals surface area contributed by atoms with Gasteiger partial charge in [0.15, 0.2) is 0 Å². The van der Waals surface area contributed by atoms with Crippen molar-refractivity contribution in [2.45, 2.75) is 19.9 Å². The van der Waals surface area contributed by atoms with Gasteiger partial charge in [0.2, 0.25) is 5.88 Å². The molecule has 0 radical (unpaired) electrons. The van der Waals surface area contributed by atoms with Crippen molar-refractivity contribution in [2.75, 3.05) is 12.3 Å². The third kappa shape index (κ3) is 5.23.